The summed E-state index contributed by atoms with van der Waals surface area (Å²) in [5.41, 5.74) is 1.86. The predicted octanol–water partition coefficient (Wildman–Crippen LogP) is 5.31. The fraction of sp³-hybridized carbons (Fsp3) is 0.0476. The molecule has 2 N–H and O–H groups in total. The van der Waals surface area contributed by atoms with Gasteiger partial charge in [0.05, 0.1) is 31.4 Å². The van der Waals surface area contributed by atoms with E-state index in [1.807, 2.05) is 19.1 Å². The number of sulfonamides is 1. The molecule has 4 aromatic rings. The zero-order valence-corrected chi connectivity index (χ0v) is 18.1. The maximum atomic E-state index is 12.9. The van der Waals surface area contributed by atoms with Gasteiger partial charge < -0.3 is 5.32 Å². The molecule has 0 saturated carbocycles. The first kappa shape index (κ1) is 20.3. The van der Waals surface area contributed by atoms with Crippen molar-refractivity contribution in [1.29, 1.82) is 0 Å². The van der Waals surface area contributed by atoms with Crippen molar-refractivity contribution >= 4 is 60.5 Å². The Hall–Kier alpha value is -2.94. The number of fused-ring (bicyclic) bond motifs is 1. The van der Waals surface area contributed by atoms with Gasteiger partial charge in [-0.25, -0.2) is 13.4 Å². The van der Waals surface area contributed by atoms with E-state index >= 15 is 0 Å². The van der Waals surface area contributed by atoms with Crippen LogP contribution in [0.1, 0.15) is 15.4 Å². The van der Waals surface area contributed by atoms with E-state index in [0.717, 1.165) is 15.2 Å². The molecule has 30 heavy (non-hydrogen) atoms. The Bertz CT molecular complexity index is 1350. The van der Waals surface area contributed by atoms with Gasteiger partial charge in [0.25, 0.3) is 15.9 Å². The highest BCUT2D eigenvalue weighted by atomic mass is 35.5. The number of hydrogen-bond donors (Lipinski definition) is 2. The lowest BCUT2D eigenvalue weighted by molar-refractivity contribution is 0.102. The molecule has 1 amide bonds. The van der Waals surface area contributed by atoms with Gasteiger partial charge >= 0.3 is 0 Å². The van der Waals surface area contributed by atoms with Gasteiger partial charge in [-0.05, 0) is 61.5 Å². The maximum absolute atomic E-state index is 12.9. The molecule has 0 radical (unpaired) electrons. The molecular weight excluding hydrogens is 442 g/mol. The predicted molar refractivity (Wildman–Crippen MR) is 121 cm³/mol. The Morgan fingerprint density at radius 1 is 1.03 bits per heavy atom. The summed E-state index contributed by atoms with van der Waals surface area (Å²) in [6.07, 6.45) is 0. The Morgan fingerprint density at radius 2 is 1.77 bits per heavy atom. The summed E-state index contributed by atoms with van der Waals surface area (Å²) in [4.78, 5) is 17.3. The number of carbonyl (C=O) groups excluding carboxylic acids is 1. The molecule has 0 aliphatic heterocycles. The number of hydrogen-bond acceptors (Lipinski definition) is 5. The molecule has 152 valence electrons. The van der Waals surface area contributed by atoms with E-state index in [2.05, 4.69) is 15.0 Å². The first-order valence-electron chi connectivity index (χ1n) is 8.88. The lowest BCUT2D eigenvalue weighted by Gasteiger charge is -2.13. The van der Waals surface area contributed by atoms with E-state index in [-0.39, 0.29) is 16.1 Å². The molecular formula is C21H16ClN3O3S2. The molecule has 0 spiro atoms. The smallest absolute Gasteiger partial charge is 0.261 e. The zero-order valence-electron chi connectivity index (χ0n) is 15.7. The molecule has 3 aromatic carbocycles. The number of para-hydroxylation sites is 1. The summed E-state index contributed by atoms with van der Waals surface area (Å²) in [7, 11) is -3.88. The minimum absolute atomic E-state index is 0.0492. The molecule has 0 bridgehead atoms. The Kier molecular flexibility index (Phi) is 5.46. The number of thiazole rings is 1. The number of nitrogens with one attached hydrogen (secondary N) is 2. The molecule has 4 rings (SSSR count). The third kappa shape index (κ3) is 4.30. The number of nitrogens with zero attached hydrogens (tertiary/aromatic N) is 1. The monoisotopic (exact) mass is 457 g/mol. The number of rotatable bonds is 5. The molecule has 0 aliphatic rings. The number of carbonyl (C=O) groups is 1. The number of aryl methyl sites for hydroxylation is 1. The van der Waals surface area contributed by atoms with Crippen LogP contribution in [0.15, 0.2) is 71.6 Å². The van der Waals surface area contributed by atoms with Crippen molar-refractivity contribution in [1.82, 2.24) is 4.98 Å². The van der Waals surface area contributed by atoms with E-state index in [4.69, 9.17) is 11.6 Å². The third-order valence-electron chi connectivity index (χ3n) is 4.29. The third-order valence-corrected chi connectivity index (χ3v) is 6.86. The fourth-order valence-electron chi connectivity index (χ4n) is 2.90. The highest BCUT2D eigenvalue weighted by Gasteiger charge is 2.19. The van der Waals surface area contributed by atoms with Crippen LogP contribution in [0.5, 0.6) is 0 Å². The van der Waals surface area contributed by atoms with Crippen LogP contribution in [-0.4, -0.2) is 19.3 Å². The van der Waals surface area contributed by atoms with Crippen molar-refractivity contribution in [3.8, 4) is 0 Å². The topological polar surface area (TPSA) is 88.2 Å². The first-order chi connectivity index (χ1) is 14.3. The van der Waals surface area contributed by atoms with Gasteiger partial charge in [0.2, 0.25) is 0 Å². The summed E-state index contributed by atoms with van der Waals surface area (Å²) in [6, 6.07) is 17.7. The van der Waals surface area contributed by atoms with E-state index < -0.39 is 15.9 Å². The van der Waals surface area contributed by atoms with E-state index in [9.17, 15) is 13.2 Å². The van der Waals surface area contributed by atoms with Gasteiger partial charge in [0.15, 0.2) is 0 Å². The van der Waals surface area contributed by atoms with Crippen molar-refractivity contribution in [3.05, 3.63) is 82.3 Å². The van der Waals surface area contributed by atoms with Crippen molar-refractivity contribution in [3.63, 3.8) is 0 Å². The van der Waals surface area contributed by atoms with Crippen LogP contribution in [0, 0.1) is 6.92 Å². The maximum Gasteiger partial charge on any atom is 0.261 e. The van der Waals surface area contributed by atoms with Gasteiger partial charge in [-0.15, -0.1) is 11.3 Å². The van der Waals surface area contributed by atoms with Gasteiger partial charge in [-0.2, -0.15) is 0 Å². The zero-order chi connectivity index (χ0) is 21.3. The van der Waals surface area contributed by atoms with Gasteiger partial charge in [-0.3, -0.25) is 9.52 Å². The second-order valence-corrected chi connectivity index (χ2v) is 9.83. The number of amides is 1. The van der Waals surface area contributed by atoms with Crippen molar-refractivity contribution in [2.24, 2.45) is 0 Å². The molecule has 0 aliphatic carbocycles. The molecule has 0 atom stereocenters. The van der Waals surface area contributed by atoms with Gasteiger partial charge in [0, 0.05) is 10.7 Å². The second-order valence-electron chi connectivity index (χ2n) is 6.47. The highest BCUT2D eigenvalue weighted by molar-refractivity contribution is 7.92. The number of anilines is 2. The van der Waals surface area contributed by atoms with Crippen LogP contribution >= 0.6 is 22.9 Å². The lowest BCUT2D eigenvalue weighted by atomic mass is 10.1. The summed E-state index contributed by atoms with van der Waals surface area (Å²) in [6.45, 7) is 1.92. The van der Waals surface area contributed by atoms with Gasteiger partial charge in [-0.1, -0.05) is 23.7 Å². The average molecular weight is 458 g/mol. The number of halogens is 1. The molecule has 0 saturated heterocycles. The summed E-state index contributed by atoms with van der Waals surface area (Å²) < 4.78 is 28.8. The fourth-order valence-corrected chi connectivity index (χ4v) is 4.98. The van der Waals surface area contributed by atoms with Crippen LogP contribution in [0.4, 0.5) is 11.4 Å². The Labute approximate surface area is 182 Å². The second kappa shape index (κ2) is 8.06. The minimum Gasteiger partial charge on any atom is -0.322 e. The Morgan fingerprint density at radius 3 is 2.53 bits per heavy atom. The van der Waals surface area contributed by atoms with Crippen LogP contribution < -0.4 is 10.0 Å². The highest BCUT2D eigenvalue weighted by Crippen LogP contribution is 2.26. The molecule has 6 nitrogen and oxygen atoms in total. The average Bonchev–Trinajstić information content (AvgIpc) is 3.07. The molecule has 1 heterocycles. The summed E-state index contributed by atoms with van der Waals surface area (Å²) in [5.74, 6) is -0.426. The summed E-state index contributed by atoms with van der Waals surface area (Å²) >= 11 is 7.37. The normalized spacial score (nSPS) is 11.4. The van der Waals surface area contributed by atoms with Crippen LogP contribution in [-0.2, 0) is 10.0 Å². The largest absolute Gasteiger partial charge is 0.322 e. The van der Waals surface area contributed by atoms with Crippen LogP contribution in [0.25, 0.3) is 10.2 Å². The van der Waals surface area contributed by atoms with Crippen molar-refractivity contribution in [2.75, 3.05) is 10.0 Å². The quantitative estimate of drug-likeness (QED) is 0.425. The molecule has 9 heteroatoms. The molecule has 0 unspecified atom stereocenters. The van der Waals surface area contributed by atoms with Crippen molar-refractivity contribution in [2.45, 2.75) is 11.8 Å². The van der Waals surface area contributed by atoms with Gasteiger partial charge in [0.1, 0.15) is 0 Å². The number of benzene rings is 3. The van der Waals surface area contributed by atoms with Crippen LogP contribution in [0.3, 0.4) is 0 Å². The minimum atomic E-state index is -3.88. The first-order valence-corrected chi connectivity index (χ1v) is 11.6. The molecule has 1 aromatic heterocycles. The van der Waals surface area contributed by atoms with Crippen LogP contribution in [0.2, 0.25) is 5.02 Å². The van der Waals surface area contributed by atoms with Crippen molar-refractivity contribution < 1.29 is 13.2 Å². The summed E-state index contributed by atoms with van der Waals surface area (Å²) in [5, 5.41) is 4.19. The van der Waals surface area contributed by atoms with E-state index in [1.165, 1.54) is 41.7 Å². The van der Waals surface area contributed by atoms with E-state index in [1.54, 1.807) is 24.3 Å². The molecule has 0 fully saturated rings. The Balaban J connectivity index is 1.60. The van der Waals surface area contributed by atoms with E-state index in [0.29, 0.717) is 10.7 Å². The SMILES string of the molecule is Cc1nc2ccc(NC(=O)c3ccccc3NS(=O)(=O)c3ccc(Cl)cc3)cc2s1. The number of aromatic nitrogens is 1. The lowest BCUT2D eigenvalue weighted by Crippen LogP contribution is -2.18. The standard InChI is InChI=1S/C21H16ClN3O3S2/c1-13-23-19-11-8-15(12-20(19)29-13)24-21(26)17-4-2-3-5-18(17)25-30(27,28)16-9-6-14(22)7-10-16/h2-12,25H,1H3,(H,24,26).